The van der Waals surface area contributed by atoms with Crippen molar-refractivity contribution in [3.8, 4) is 21.9 Å². The van der Waals surface area contributed by atoms with Gasteiger partial charge in [0.1, 0.15) is 11.6 Å². The lowest BCUT2D eigenvalue weighted by atomic mass is 10.1. The van der Waals surface area contributed by atoms with Gasteiger partial charge >= 0.3 is 0 Å². The number of aromatic nitrogens is 2. The highest BCUT2D eigenvalue weighted by Crippen LogP contribution is 2.37. The summed E-state index contributed by atoms with van der Waals surface area (Å²) in [5.41, 5.74) is 2.53. The molecular formula is C28H33N5O3S. The van der Waals surface area contributed by atoms with E-state index in [1.54, 1.807) is 25.6 Å². The summed E-state index contributed by atoms with van der Waals surface area (Å²) in [5, 5.41) is 7.37. The second-order valence-corrected chi connectivity index (χ2v) is 10.2. The first-order chi connectivity index (χ1) is 17.8. The third kappa shape index (κ3) is 6.18. The van der Waals surface area contributed by atoms with Gasteiger partial charge in [0.25, 0.3) is 5.91 Å². The molecule has 2 N–H and O–H groups in total. The van der Waals surface area contributed by atoms with Crippen LogP contribution in [0, 0.1) is 6.92 Å². The number of ether oxygens (including phenoxy) is 2. The maximum atomic E-state index is 12.4. The Bertz CT molecular complexity index is 1380. The molecule has 0 saturated heterocycles. The molecule has 1 amide bonds. The maximum Gasteiger partial charge on any atom is 0.251 e. The van der Waals surface area contributed by atoms with Gasteiger partial charge in [-0.2, -0.15) is 0 Å². The Hall–Kier alpha value is -3.69. The molecule has 0 aliphatic carbocycles. The molecule has 0 aliphatic heterocycles. The number of amides is 1. The van der Waals surface area contributed by atoms with Crippen LogP contribution >= 0.6 is 11.3 Å². The van der Waals surface area contributed by atoms with Gasteiger partial charge in [0.05, 0.1) is 25.8 Å². The molecule has 2 heterocycles. The van der Waals surface area contributed by atoms with Gasteiger partial charge < -0.3 is 25.0 Å². The van der Waals surface area contributed by atoms with Crippen LogP contribution in [0.5, 0.6) is 11.5 Å². The minimum atomic E-state index is -0.0558. The molecule has 37 heavy (non-hydrogen) atoms. The number of nitrogens with zero attached hydrogens (tertiary/aromatic N) is 3. The van der Waals surface area contributed by atoms with Gasteiger partial charge in [0.2, 0.25) is 0 Å². The molecule has 194 valence electrons. The Labute approximate surface area is 221 Å². The summed E-state index contributed by atoms with van der Waals surface area (Å²) in [6.07, 6.45) is 0. The molecule has 0 aliphatic rings. The molecule has 4 rings (SSSR count). The van der Waals surface area contributed by atoms with Crippen molar-refractivity contribution in [3.05, 3.63) is 64.8 Å². The second-order valence-electron chi connectivity index (χ2n) is 9.05. The number of nitrogens with one attached hydrogen (secondary N) is 2. The second kappa shape index (κ2) is 11.6. The fourth-order valence-electron chi connectivity index (χ4n) is 3.98. The summed E-state index contributed by atoms with van der Waals surface area (Å²) in [6.45, 7) is 5.41. The molecule has 1 atom stereocenters. The quantitative estimate of drug-likeness (QED) is 0.300. The molecule has 9 heteroatoms. The monoisotopic (exact) mass is 519 g/mol. The van der Waals surface area contributed by atoms with Crippen molar-refractivity contribution >= 4 is 34.0 Å². The lowest BCUT2D eigenvalue weighted by Crippen LogP contribution is -2.31. The molecule has 1 unspecified atom stereocenters. The Morgan fingerprint density at radius 2 is 1.73 bits per heavy atom. The number of carbonyl (C=O) groups is 1. The zero-order valence-electron chi connectivity index (χ0n) is 22.1. The van der Waals surface area contributed by atoms with Crippen LogP contribution in [0.25, 0.3) is 21.3 Å². The van der Waals surface area contributed by atoms with Crippen molar-refractivity contribution in [1.29, 1.82) is 0 Å². The van der Waals surface area contributed by atoms with Crippen molar-refractivity contribution in [1.82, 2.24) is 20.2 Å². The highest BCUT2D eigenvalue weighted by atomic mass is 32.1. The highest BCUT2D eigenvalue weighted by molar-refractivity contribution is 7.15. The predicted molar refractivity (Wildman–Crippen MR) is 150 cm³/mol. The molecule has 4 aromatic rings. The lowest BCUT2D eigenvalue weighted by Gasteiger charge is -2.16. The van der Waals surface area contributed by atoms with Crippen LogP contribution in [0.4, 0.5) is 5.82 Å². The number of benzene rings is 2. The smallest absolute Gasteiger partial charge is 0.251 e. The number of hydrogen-bond acceptors (Lipinski definition) is 8. The normalized spacial score (nSPS) is 12.0. The average molecular weight is 520 g/mol. The van der Waals surface area contributed by atoms with Crippen LogP contribution in [-0.2, 0) is 0 Å². The maximum absolute atomic E-state index is 12.4. The van der Waals surface area contributed by atoms with Crippen molar-refractivity contribution in [2.45, 2.75) is 19.9 Å². The molecule has 0 radical (unpaired) electrons. The summed E-state index contributed by atoms with van der Waals surface area (Å²) < 4.78 is 10.9. The highest BCUT2D eigenvalue weighted by Gasteiger charge is 2.16. The van der Waals surface area contributed by atoms with Gasteiger partial charge in [-0.25, -0.2) is 9.97 Å². The zero-order valence-corrected chi connectivity index (χ0v) is 22.9. The molecule has 0 saturated carbocycles. The number of rotatable bonds is 10. The summed E-state index contributed by atoms with van der Waals surface area (Å²) in [6, 6.07) is 15.8. The fraction of sp³-hybridized carbons (Fsp3) is 0.321. The van der Waals surface area contributed by atoms with Crippen LogP contribution in [-0.4, -0.2) is 62.2 Å². The van der Waals surface area contributed by atoms with Crippen LogP contribution in [0.15, 0.2) is 48.5 Å². The van der Waals surface area contributed by atoms with Crippen LogP contribution < -0.4 is 20.1 Å². The first-order valence-corrected chi connectivity index (χ1v) is 12.9. The minimum Gasteiger partial charge on any atom is -0.493 e. The molecule has 0 bridgehead atoms. The van der Waals surface area contributed by atoms with E-state index in [1.165, 1.54) is 4.88 Å². The first kappa shape index (κ1) is 26.4. The SMILES string of the molecule is COc1cc2nc(C)nc(NC(C)c3ccc(-c4ccc(C(=O)NCCN(C)C)cc4)s3)c2cc1OC. The Balaban J connectivity index is 1.50. The summed E-state index contributed by atoms with van der Waals surface area (Å²) in [5.74, 6) is 2.63. The van der Waals surface area contributed by atoms with E-state index in [4.69, 9.17) is 9.47 Å². The van der Waals surface area contributed by atoms with E-state index >= 15 is 0 Å². The molecular weight excluding hydrogens is 486 g/mol. The van der Waals surface area contributed by atoms with Crippen molar-refractivity contribution in [2.24, 2.45) is 0 Å². The van der Waals surface area contributed by atoms with Crippen LogP contribution in [0.1, 0.15) is 34.0 Å². The van der Waals surface area contributed by atoms with Crippen molar-refractivity contribution in [2.75, 3.05) is 46.7 Å². The minimum absolute atomic E-state index is 0.0195. The number of likely N-dealkylation sites (N-methyl/N-ethyl adjacent to an activating group) is 1. The molecule has 2 aromatic heterocycles. The fourth-order valence-corrected chi connectivity index (χ4v) is 5.00. The van der Waals surface area contributed by atoms with E-state index < -0.39 is 0 Å². The standard InChI is InChI=1S/C28H33N5O3S/c1-17(30-27-21-15-23(35-5)24(36-6)16-22(21)31-18(2)32-27)25-11-12-26(37-25)19-7-9-20(10-8-19)28(34)29-13-14-33(3)4/h7-12,15-17H,13-14H2,1-6H3,(H,29,34)(H,30,31,32). The van der Waals surface area contributed by atoms with Gasteiger partial charge in [-0.15, -0.1) is 11.3 Å². The number of fused-ring (bicyclic) bond motifs is 1. The first-order valence-electron chi connectivity index (χ1n) is 12.1. The van der Waals surface area contributed by atoms with Gasteiger partial charge in [0, 0.05) is 39.9 Å². The summed E-state index contributed by atoms with van der Waals surface area (Å²) in [4.78, 5) is 26.0. The molecule has 8 nitrogen and oxygen atoms in total. The number of aryl methyl sites for hydroxylation is 1. The van der Waals surface area contributed by atoms with Crippen molar-refractivity contribution < 1.29 is 14.3 Å². The van der Waals surface area contributed by atoms with Gasteiger partial charge in [-0.3, -0.25) is 4.79 Å². The largest absolute Gasteiger partial charge is 0.493 e. The van der Waals surface area contributed by atoms with Crippen LogP contribution in [0.3, 0.4) is 0 Å². The van der Waals surface area contributed by atoms with E-state index in [-0.39, 0.29) is 11.9 Å². The van der Waals surface area contributed by atoms with E-state index in [0.717, 1.165) is 33.7 Å². The molecule has 2 aromatic carbocycles. The number of anilines is 1. The van der Waals surface area contributed by atoms with Crippen molar-refractivity contribution in [3.63, 3.8) is 0 Å². The summed E-state index contributed by atoms with van der Waals surface area (Å²) in [7, 11) is 7.20. The van der Waals surface area contributed by atoms with Crippen LogP contribution in [0.2, 0.25) is 0 Å². The Morgan fingerprint density at radius 1 is 1.03 bits per heavy atom. The number of thiophene rings is 1. The number of carbonyl (C=O) groups excluding carboxylic acids is 1. The number of hydrogen-bond donors (Lipinski definition) is 2. The number of methoxy groups -OCH3 is 2. The van der Waals surface area contributed by atoms with Gasteiger partial charge in [0.15, 0.2) is 11.5 Å². The topological polar surface area (TPSA) is 88.6 Å². The third-order valence-corrected chi connectivity index (χ3v) is 7.31. The Morgan fingerprint density at radius 3 is 2.41 bits per heavy atom. The van der Waals surface area contributed by atoms with E-state index in [2.05, 4.69) is 39.7 Å². The third-order valence-electron chi connectivity index (χ3n) is 6.00. The lowest BCUT2D eigenvalue weighted by molar-refractivity contribution is 0.0951. The van der Waals surface area contributed by atoms with E-state index in [1.807, 2.05) is 62.3 Å². The molecule has 0 fully saturated rings. The molecule has 0 spiro atoms. The average Bonchev–Trinajstić information content (AvgIpc) is 3.38. The summed E-state index contributed by atoms with van der Waals surface area (Å²) >= 11 is 1.71. The van der Waals surface area contributed by atoms with Gasteiger partial charge in [-0.05, 0) is 63.8 Å². The zero-order chi connectivity index (χ0) is 26.5. The Kier molecular flexibility index (Phi) is 8.25. The van der Waals surface area contributed by atoms with E-state index in [9.17, 15) is 4.79 Å². The van der Waals surface area contributed by atoms with Gasteiger partial charge in [-0.1, -0.05) is 12.1 Å². The predicted octanol–water partition coefficient (Wildman–Crippen LogP) is 5.15. The van der Waals surface area contributed by atoms with E-state index in [0.29, 0.717) is 29.4 Å².